The van der Waals surface area contributed by atoms with Gasteiger partial charge in [0.15, 0.2) is 11.5 Å². The Morgan fingerprint density at radius 2 is 1.71 bits per heavy atom. The molecule has 6 heteroatoms. The van der Waals surface area contributed by atoms with Gasteiger partial charge in [0.2, 0.25) is 6.43 Å². The molecule has 0 atom stereocenters. The molecule has 2 nitrogen and oxygen atoms in total. The van der Waals surface area contributed by atoms with E-state index in [1.807, 2.05) is 0 Å². The normalized spacial score (nSPS) is 22.9. The van der Waals surface area contributed by atoms with Crippen molar-refractivity contribution in [2.75, 3.05) is 0 Å². The Hall–Kier alpha value is -1.46. The van der Waals surface area contributed by atoms with Crippen molar-refractivity contribution in [1.29, 1.82) is 0 Å². The molecular weight excluding hydrogens is 240 g/mol. The van der Waals surface area contributed by atoms with Gasteiger partial charge in [0.25, 0.3) is 0 Å². The lowest BCUT2D eigenvalue weighted by Crippen LogP contribution is -2.26. The first-order valence-electron chi connectivity index (χ1n) is 5.11. The summed E-state index contributed by atoms with van der Waals surface area (Å²) in [5, 5.41) is 0. The topological polar surface area (TPSA) is 18.5 Å². The quantitative estimate of drug-likeness (QED) is 0.747. The maximum Gasteiger partial charge on any atom is 0.586 e. The SMILES string of the molecule is FC(F)C1(c2ccc3c(c2)OC(F)(F)O3)CC1. The number of rotatable bonds is 2. The first-order valence-corrected chi connectivity index (χ1v) is 5.11. The molecule has 1 aliphatic heterocycles. The highest BCUT2D eigenvalue weighted by Crippen LogP contribution is 2.54. The van der Waals surface area contributed by atoms with Crippen LogP contribution in [0.15, 0.2) is 18.2 Å². The maximum atomic E-state index is 12.8. The molecule has 0 unspecified atom stereocenters. The minimum Gasteiger partial charge on any atom is -0.395 e. The fraction of sp³-hybridized carbons (Fsp3) is 0.455. The van der Waals surface area contributed by atoms with Crippen molar-refractivity contribution in [3.63, 3.8) is 0 Å². The number of ether oxygens (including phenoxy) is 2. The molecule has 0 saturated heterocycles. The third kappa shape index (κ3) is 1.54. The first-order chi connectivity index (χ1) is 7.93. The second-order valence-corrected chi connectivity index (χ2v) is 4.29. The molecular formula is C11H8F4O2. The summed E-state index contributed by atoms with van der Waals surface area (Å²) < 4.78 is 59.6. The Kier molecular flexibility index (Phi) is 1.92. The van der Waals surface area contributed by atoms with E-state index in [1.165, 1.54) is 18.2 Å². The molecule has 2 aliphatic rings. The van der Waals surface area contributed by atoms with Crippen molar-refractivity contribution in [2.24, 2.45) is 0 Å². The highest BCUT2D eigenvalue weighted by atomic mass is 19.3. The summed E-state index contributed by atoms with van der Waals surface area (Å²) >= 11 is 0. The Bertz CT molecular complexity index is 469. The van der Waals surface area contributed by atoms with Gasteiger partial charge in [-0.15, -0.1) is 8.78 Å². The average molecular weight is 248 g/mol. The lowest BCUT2D eigenvalue weighted by molar-refractivity contribution is -0.286. The van der Waals surface area contributed by atoms with Crippen molar-refractivity contribution in [3.8, 4) is 11.5 Å². The molecule has 0 N–H and O–H groups in total. The zero-order chi connectivity index (χ0) is 12.3. The third-order valence-corrected chi connectivity index (χ3v) is 3.18. The Labute approximate surface area is 94.1 Å². The van der Waals surface area contributed by atoms with Gasteiger partial charge >= 0.3 is 6.29 Å². The summed E-state index contributed by atoms with van der Waals surface area (Å²) in [4.78, 5) is 0. The number of halogens is 4. The standard InChI is InChI=1S/C11H8F4O2/c12-9(13)10(3-4-10)6-1-2-7-8(5-6)17-11(14,15)16-7/h1-2,5,9H,3-4H2. The fourth-order valence-corrected chi connectivity index (χ4v) is 2.03. The molecule has 0 amide bonds. The van der Waals surface area contributed by atoms with Crippen LogP contribution in [-0.2, 0) is 5.41 Å². The number of hydrogen-bond acceptors (Lipinski definition) is 2. The van der Waals surface area contributed by atoms with E-state index in [-0.39, 0.29) is 11.5 Å². The van der Waals surface area contributed by atoms with Crippen LogP contribution < -0.4 is 9.47 Å². The number of benzene rings is 1. The van der Waals surface area contributed by atoms with E-state index in [4.69, 9.17) is 0 Å². The highest BCUT2D eigenvalue weighted by Gasteiger charge is 2.53. The van der Waals surface area contributed by atoms with Crippen LogP contribution in [0.1, 0.15) is 18.4 Å². The van der Waals surface area contributed by atoms with Crippen LogP contribution >= 0.6 is 0 Å². The predicted molar refractivity (Wildman–Crippen MR) is 49.6 cm³/mol. The second kappa shape index (κ2) is 3.05. The molecule has 3 rings (SSSR count). The molecule has 1 aromatic carbocycles. The maximum absolute atomic E-state index is 12.8. The van der Waals surface area contributed by atoms with Crippen LogP contribution in [0.3, 0.4) is 0 Å². The molecule has 92 valence electrons. The van der Waals surface area contributed by atoms with Crippen LogP contribution in [-0.4, -0.2) is 12.7 Å². The highest BCUT2D eigenvalue weighted by molar-refractivity contribution is 5.48. The van der Waals surface area contributed by atoms with Gasteiger partial charge in [-0.2, -0.15) is 0 Å². The van der Waals surface area contributed by atoms with Crippen molar-refractivity contribution in [1.82, 2.24) is 0 Å². The summed E-state index contributed by atoms with van der Waals surface area (Å²) in [6.45, 7) is 0. The zero-order valence-electron chi connectivity index (χ0n) is 8.55. The summed E-state index contributed by atoms with van der Waals surface area (Å²) in [6, 6.07) is 3.85. The van der Waals surface area contributed by atoms with Gasteiger partial charge in [0.05, 0.1) is 5.41 Å². The van der Waals surface area contributed by atoms with Crippen LogP contribution in [0.2, 0.25) is 0 Å². The van der Waals surface area contributed by atoms with E-state index in [9.17, 15) is 17.6 Å². The Morgan fingerprint density at radius 3 is 2.29 bits per heavy atom. The van der Waals surface area contributed by atoms with Crippen molar-refractivity contribution < 1.29 is 27.0 Å². The number of fused-ring (bicyclic) bond motifs is 1. The lowest BCUT2D eigenvalue weighted by atomic mass is 9.96. The van der Waals surface area contributed by atoms with Gasteiger partial charge in [0, 0.05) is 0 Å². The van der Waals surface area contributed by atoms with Gasteiger partial charge in [-0.25, -0.2) is 8.78 Å². The number of alkyl halides is 4. The smallest absolute Gasteiger partial charge is 0.395 e. The van der Waals surface area contributed by atoms with Gasteiger partial charge in [-0.05, 0) is 30.5 Å². The monoisotopic (exact) mass is 248 g/mol. The molecule has 1 heterocycles. The van der Waals surface area contributed by atoms with Gasteiger partial charge in [-0.3, -0.25) is 0 Å². The largest absolute Gasteiger partial charge is 0.586 e. The van der Waals surface area contributed by atoms with E-state index in [2.05, 4.69) is 9.47 Å². The molecule has 0 radical (unpaired) electrons. The van der Waals surface area contributed by atoms with E-state index in [0.29, 0.717) is 18.4 Å². The summed E-state index contributed by atoms with van der Waals surface area (Å²) in [5.74, 6) is -0.303. The third-order valence-electron chi connectivity index (χ3n) is 3.18. The predicted octanol–water partition coefficient (Wildman–Crippen LogP) is 3.30. The summed E-state index contributed by atoms with van der Waals surface area (Å²) in [6.07, 6.45) is -5.48. The Morgan fingerprint density at radius 1 is 1.06 bits per heavy atom. The second-order valence-electron chi connectivity index (χ2n) is 4.29. The zero-order valence-corrected chi connectivity index (χ0v) is 8.55. The lowest BCUT2D eigenvalue weighted by Gasteiger charge is -2.14. The van der Waals surface area contributed by atoms with Crippen molar-refractivity contribution in [3.05, 3.63) is 23.8 Å². The van der Waals surface area contributed by atoms with Crippen LogP contribution in [0.5, 0.6) is 11.5 Å². The van der Waals surface area contributed by atoms with Gasteiger partial charge in [0.1, 0.15) is 0 Å². The molecule has 1 fully saturated rings. The molecule has 0 spiro atoms. The molecule has 0 bridgehead atoms. The summed E-state index contributed by atoms with van der Waals surface area (Å²) in [5.41, 5.74) is -0.858. The Balaban J connectivity index is 1.97. The molecule has 1 aromatic rings. The van der Waals surface area contributed by atoms with E-state index >= 15 is 0 Å². The molecule has 1 saturated carbocycles. The molecule has 17 heavy (non-hydrogen) atoms. The van der Waals surface area contributed by atoms with Crippen LogP contribution in [0.4, 0.5) is 17.6 Å². The minimum atomic E-state index is -3.71. The summed E-state index contributed by atoms with van der Waals surface area (Å²) in [7, 11) is 0. The van der Waals surface area contributed by atoms with E-state index < -0.39 is 18.1 Å². The van der Waals surface area contributed by atoms with Crippen molar-refractivity contribution in [2.45, 2.75) is 31.0 Å². The average Bonchev–Trinajstić information content (AvgIpc) is 2.95. The van der Waals surface area contributed by atoms with E-state index in [1.54, 1.807) is 0 Å². The first kappa shape index (κ1) is 10.7. The van der Waals surface area contributed by atoms with Gasteiger partial charge < -0.3 is 9.47 Å². The number of hydrogen-bond donors (Lipinski definition) is 0. The van der Waals surface area contributed by atoms with Crippen molar-refractivity contribution >= 4 is 0 Å². The van der Waals surface area contributed by atoms with Gasteiger partial charge in [-0.1, -0.05) is 6.07 Å². The molecule has 0 aromatic heterocycles. The van der Waals surface area contributed by atoms with E-state index in [0.717, 1.165) is 0 Å². The molecule has 1 aliphatic carbocycles. The van der Waals surface area contributed by atoms with Crippen LogP contribution in [0.25, 0.3) is 0 Å². The van der Waals surface area contributed by atoms with Crippen LogP contribution in [0, 0.1) is 0 Å². The minimum absolute atomic E-state index is 0.121. The fourth-order valence-electron chi connectivity index (χ4n) is 2.03.